The summed E-state index contributed by atoms with van der Waals surface area (Å²) in [6, 6.07) is 5.20. The molecule has 1 aromatic carbocycles. The van der Waals surface area contributed by atoms with Crippen molar-refractivity contribution in [2.24, 2.45) is 0 Å². The van der Waals surface area contributed by atoms with E-state index in [4.69, 9.17) is 23.2 Å². The molecule has 6 nitrogen and oxygen atoms in total. The lowest BCUT2D eigenvalue weighted by atomic mass is 10.2. The van der Waals surface area contributed by atoms with Gasteiger partial charge in [0, 0.05) is 37.1 Å². The Labute approximate surface area is 161 Å². The lowest BCUT2D eigenvalue weighted by Gasteiger charge is -2.35. The number of hydrogen-bond donors (Lipinski definition) is 2. The summed E-state index contributed by atoms with van der Waals surface area (Å²) in [6.45, 7) is 3.09. The Morgan fingerprint density at radius 2 is 1.81 bits per heavy atom. The van der Waals surface area contributed by atoms with E-state index in [-0.39, 0.29) is 17.9 Å². The summed E-state index contributed by atoms with van der Waals surface area (Å²) in [4.78, 5) is 32.0. The first-order chi connectivity index (χ1) is 12.5. The largest absolute Gasteiger partial charge is 0.350 e. The van der Waals surface area contributed by atoms with Crippen LogP contribution in [0.15, 0.2) is 18.2 Å². The molecular formula is C18H20Cl2N4O2. The number of H-pyrrole nitrogens is 1. The molecule has 2 N–H and O–H groups in total. The van der Waals surface area contributed by atoms with Gasteiger partial charge in [-0.05, 0) is 37.6 Å². The zero-order valence-electron chi connectivity index (χ0n) is 14.2. The molecule has 1 atom stereocenters. The molecule has 2 aromatic rings. The van der Waals surface area contributed by atoms with Crippen molar-refractivity contribution in [1.29, 1.82) is 0 Å². The minimum absolute atomic E-state index is 0.0575. The fourth-order valence-corrected chi connectivity index (χ4v) is 4.06. The predicted octanol–water partition coefficient (Wildman–Crippen LogP) is 2.51. The van der Waals surface area contributed by atoms with Gasteiger partial charge in [-0.1, -0.05) is 23.2 Å². The molecule has 4 rings (SSSR count). The number of halogens is 2. The quantitative estimate of drug-likeness (QED) is 0.821. The van der Waals surface area contributed by atoms with E-state index in [0.29, 0.717) is 41.9 Å². The minimum atomic E-state index is -0.0838. The van der Waals surface area contributed by atoms with Gasteiger partial charge < -0.3 is 20.1 Å². The molecule has 1 aromatic heterocycles. The highest BCUT2D eigenvalue weighted by molar-refractivity contribution is 6.45. The number of aromatic amines is 1. The Hall–Kier alpha value is -1.76. The number of hydrogen-bond acceptors (Lipinski definition) is 3. The molecule has 138 valence electrons. The van der Waals surface area contributed by atoms with Gasteiger partial charge in [-0.25, -0.2) is 0 Å². The third-order valence-corrected chi connectivity index (χ3v) is 5.98. The average Bonchev–Trinajstić information content (AvgIpc) is 3.34. The Morgan fingerprint density at radius 1 is 1.08 bits per heavy atom. The first kappa shape index (κ1) is 17.6. The number of benzene rings is 1. The zero-order valence-corrected chi connectivity index (χ0v) is 15.7. The van der Waals surface area contributed by atoms with E-state index in [1.54, 1.807) is 17.0 Å². The second-order valence-corrected chi connectivity index (χ2v) is 7.56. The molecular weight excluding hydrogens is 375 g/mol. The molecule has 0 spiro atoms. The van der Waals surface area contributed by atoms with Crippen LogP contribution in [0.2, 0.25) is 10.0 Å². The second-order valence-electron chi connectivity index (χ2n) is 6.77. The topological polar surface area (TPSA) is 68.4 Å². The van der Waals surface area contributed by atoms with Crippen molar-refractivity contribution in [2.75, 3.05) is 32.7 Å². The van der Waals surface area contributed by atoms with E-state index in [2.05, 4.69) is 10.3 Å². The fourth-order valence-electron chi connectivity index (χ4n) is 3.67. The number of amides is 2. The number of nitrogens with zero attached hydrogens (tertiary/aromatic N) is 2. The van der Waals surface area contributed by atoms with E-state index < -0.39 is 0 Å². The van der Waals surface area contributed by atoms with E-state index in [9.17, 15) is 9.59 Å². The van der Waals surface area contributed by atoms with Crippen molar-refractivity contribution in [1.82, 2.24) is 20.1 Å². The van der Waals surface area contributed by atoms with Crippen LogP contribution in [0, 0.1) is 0 Å². The first-order valence-corrected chi connectivity index (χ1v) is 9.58. The van der Waals surface area contributed by atoms with Gasteiger partial charge in [-0.3, -0.25) is 9.59 Å². The van der Waals surface area contributed by atoms with Crippen LogP contribution in [-0.4, -0.2) is 65.4 Å². The fraction of sp³-hybridized carbons (Fsp3) is 0.444. The van der Waals surface area contributed by atoms with Crippen molar-refractivity contribution in [3.8, 4) is 0 Å². The van der Waals surface area contributed by atoms with Crippen LogP contribution in [-0.2, 0) is 4.79 Å². The molecule has 2 saturated heterocycles. The summed E-state index contributed by atoms with van der Waals surface area (Å²) < 4.78 is 0. The molecule has 0 aliphatic carbocycles. The van der Waals surface area contributed by atoms with Gasteiger partial charge >= 0.3 is 0 Å². The van der Waals surface area contributed by atoms with Crippen molar-refractivity contribution < 1.29 is 9.59 Å². The van der Waals surface area contributed by atoms with Gasteiger partial charge in [-0.2, -0.15) is 0 Å². The normalized spacial score (nSPS) is 20.8. The van der Waals surface area contributed by atoms with E-state index in [1.165, 1.54) is 0 Å². The van der Waals surface area contributed by atoms with Crippen LogP contribution in [0.4, 0.5) is 0 Å². The molecule has 0 unspecified atom stereocenters. The van der Waals surface area contributed by atoms with Crippen LogP contribution >= 0.6 is 23.2 Å². The molecule has 2 aliphatic rings. The monoisotopic (exact) mass is 394 g/mol. The Balaban J connectivity index is 1.43. The van der Waals surface area contributed by atoms with Gasteiger partial charge in [0.05, 0.1) is 16.1 Å². The molecule has 8 heteroatoms. The molecule has 26 heavy (non-hydrogen) atoms. The second kappa shape index (κ2) is 7.10. The highest BCUT2D eigenvalue weighted by atomic mass is 35.5. The summed E-state index contributed by atoms with van der Waals surface area (Å²) in [5, 5.41) is 4.88. The zero-order chi connectivity index (χ0) is 18.3. The van der Waals surface area contributed by atoms with Crippen LogP contribution in [0.25, 0.3) is 10.9 Å². The SMILES string of the molecule is O=C(c1cc2c(Cl)c(Cl)ccc2[nH]1)N1CCN(C(=O)[C@H]2CCCN2)CC1. The number of carbonyl (C=O) groups excluding carboxylic acids is 2. The summed E-state index contributed by atoms with van der Waals surface area (Å²) in [7, 11) is 0. The van der Waals surface area contributed by atoms with Crippen LogP contribution in [0.3, 0.4) is 0 Å². The summed E-state index contributed by atoms with van der Waals surface area (Å²) in [5.41, 5.74) is 1.27. The maximum atomic E-state index is 12.8. The Bertz CT molecular complexity index is 852. The highest BCUT2D eigenvalue weighted by Crippen LogP contribution is 2.31. The van der Waals surface area contributed by atoms with Crippen molar-refractivity contribution in [3.05, 3.63) is 33.9 Å². The number of aromatic nitrogens is 1. The molecule has 3 heterocycles. The molecule has 0 bridgehead atoms. The number of piperazine rings is 1. The van der Waals surface area contributed by atoms with Crippen molar-refractivity contribution >= 4 is 45.9 Å². The molecule has 2 aliphatic heterocycles. The van der Waals surface area contributed by atoms with Gasteiger partial charge in [0.25, 0.3) is 5.91 Å². The average molecular weight is 395 g/mol. The third kappa shape index (κ3) is 3.17. The Kier molecular flexibility index (Phi) is 4.82. The number of fused-ring (bicyclic) bond motifs is 1. The van der Waals surface area contributed by atoms with E-state index in [1.807, 2.05) is 11.0 Å². The molecule has 0 saturated carbocycles. The highest BCUT2D eigenvalue weighted by Gasteiger charge is 2.31. The lowest BCUT2D eigenvalue weighted by Crippen LogP contribution is -2.54. The maximum Gasteiger partial charge on any atom is 0.270 e. The standard InChI is InChI=1S/C18H20Cl2N4O2/c19-12-3-4-13-11(16(12)20)10-15(22-13)18(26)24-8-6-23(7-9-24)17(25)14-2-1-5-21-14/h3-4,10,14,21-22H,1-2,5-9H2/t14-/m1/s1. The minimum Gasteiger partial charge on any atom is -0.350 e. The third-order valence-electron chi connectivity index (χ3n) is 5.16. The summed E-state index contributed by atoms with van der Waals surface area (Å²) >= 11 is 12.3. The van der Waals surface area contributed by atoms with Crippen molar-refractivity contribution in [2.45, 2.75) is 18.9 Å². The van der Waals surface area contributed by atoms with Gasteiger partial charge in [0.2, 0.25) is 5.91 Å². The summed E-state index contributed by atoms with van der Waals surface area (Å²) in [6.07, 6.45) is 1.94. The number of nitrogens with one attached hydrogen (secondary N) is 2. The first-order valence-electron chi connectivity index (χ1n) is 8.83. The smallest absolute Gasteiger partial charge is 0.270 e. The number of rotatable bonds is 2. The van der Waals surface area contributed by atoms with Crippen LogP contribution in [0.5, 0.6) is 0 Å². The van der Waals surface area contributed by atoms with Crippen LogP contribution < -0.4 is 5.32 Å². The lowest BCUT2D eigenvalue weighted by molar-refractivity contribution is -0.134. The van der Waals surface area contributed by atoms with Crippen LogP contribution in [0.1, 0.15) is 23.3 Å². The molecule has 0 radical (unpaired) electrons. The Morgan fingerprint density at radius 3 is 2.50 bits per heavy atom. The van der Waals surface area contributed by atoms with Gasteiger partial charge in [-0.15, -0.1) is 0 Å². The number of carbonyl (C=O) groups is 2. The maximum absolute atomic E-state index is 12.8. The summed E-state index contributed by atoms with van der Waals surface area (Å²) in [5.74, 6) is 0.0705. The van der Waals surface area contributed by atoms with E-state index >= 15 is 0 Å². The molecule has 2 fully saturated rings. The molecule has 2 amide bonds. The van der Waals surface area contributed by atoms with E-state index in [0.717, 1.165) is 30.3 Å². The van der Waals surface area contributed by atoms with Gasteiger partial charge in [0.1, 0.15) is 5.69 Å². The van der Waals surface area contributed by atoms with Crippen molar-refractivity contribution in [3.63, 3.8) is 0 Å². The predicted molar refractivity (Wildman–Crippen MR) is 102 cm³/mol. The van der Waals surface area contributed by atoms with Gasteiger partial charge in [0.15, 0.2) is 0 Å².